The van der Waals surface area contributed by atoms with Crippen molar-refractivity contribution >= 4 is 29.9 Å². The summed E-state index contributed by atoms with van der Waals surface area (Å²) in [6, 6.07) is 6.41. The van der Waals surface area contributed by atoms with Crippen molar-refractivity contribution in [3.8, 4) is 5.75 Å². The fourth-order valence-corrected chi connectivity index (χ4v) is 3.00. The summed E-state index contributed by atoms with van der Waals surface area (Å²) in [6.07, 6.45) is 2.18. The first-order valence-electron chi connectivity index (χ1n) is 9.17. The Labute approximate surface area is 177 Å². The minimum absolute atomic E-state index is 0. The summed E-state index contributed by atoms with van der Waals surface area (Å²) in [5.74, 6) is 0.555. The highest BCUT2D eigenvalue weighted by atomic mass is 127. The number of guanidine groups is 1. The number of nitrogens with one attached hydrogen (secondary N) is 2. The maximum Gasteiger partial charge on any atom is 0.191 e. The van der Waals surface area contributed by atoms with E-state index in [0.29, 0.717) is 32.1 Å². The average Bonchev–Trinajstić information content (AvgIpc) is 3.11. The van der Waals surface area contributed by atoms with Crippen molar-refractivity contribution in [1.82, 2.24) is 10.6 Å². The highest BCUT2D eigenvalue weighted by Gasteiger charge is 2.34. The molecule has 8 heteroatoms. The quantitative estimate of drug-likeness (QED) is 0.279. The Morgan fingerprint density at radius 2 is 2.19 bits per heavy atom. The summed E-state index contributed by atoms with van der Waals surface area (Å²) >= 11 is 0. The summed E-state index contributed by atoms with van der Waals surface area (Å²) in [6.45, 7) is 4.70. The van der Waals surface area contributed by atoms with Gasteiger partial charge >= 0.3 is 0 Å². The fourth-order valence-electron chi connectivity index (χ4n) is 3.00. The van der Waals surface area contributed by atoms with Gasteiger partial charge in [-0.1, -0.05) is 19.1 Å². The molecule has 0 saturated carbocycles. The van der Waals surface area contributed by atoms with Gasteiger partial charge < -0.3 is 25.2 Å². The molecule has 3 N–H and O–H groups in total. The van der Waals surface area contributed by atoms with Crippen LogP contribution in [0.15, 0.2) is 29.3 Å². The first-order chi connectivity index (χ1) is 12.6. The molecule has 27 heavy (non-hydrogen) atoms. The van der Waals surface area contributed by atoms with Crippen LogP contribution in [-0.2, 0) is 4.74 Å². The second kappa shape index (κ2) is 12.4. The maximum atomic E-state index is 13.7. The number of hydrogen-bond donors (Lipinski definition) is 3. The van der Waals surface area contributed by atoms with Crippen LogP contribution in [0.1, 0.15) is 26.2 Å². The van der Waals surface area contributed by atoms with E-state index in [1.54, 1.807) is 25.2 Å². The predicted octanol–water partition coefficient (Wildman–Crippen LogP) is 2.56. The lowest BCUT2D eigenvalue weighted by Crippen LogP contribution is -2.47. The van der Waals surface area contributed by atoms with E-state index in [1.807, 2.05) is 6.92 Å². The van der Waals surface area contributed by atoms with Gasteiger partial charge in [0, 0.05) is 32.2 Å². The molecule has 1 aromatic carbocycles. The van der Waals surface area contributed by atoms with Gasteiger partial charge in [0.05, 0.1) is 13.2 Å². The molecule has 1 aliphatic heterocycles. The fraction of sp³-hybridized carbons (Fsp3) is 0.632. The van der Waals surface area contributed by atoms with E-state index in [9.17, 15) is 9.50 Å². The predicted molar refractivity (Wildman–Crippen MR) is 115 cm³/mol. The van der Waals surface area contributed by atoms with Gasteiger partial charge in [0.1, 0.15) is 6.10 Å². The van der Waals surface area contributed by atoms with E-state index >= 15 is 0 Å². The lowest BCUT2D eigenvalue weighted by Gasteiger charge is -2.28. The molecule has 0 bridgehead atoms. The SMILES string of the molecule is CCC(CNC(=NC)NCC1(CCO)CCOC1)Oc1ccccc1F.I. The van der Waals surface area contributed by atoms with Crippen molar-refractivity contribution in [1.29, 1.82) is 0 Å². The van der Waals surface area contributed by atoms with E-state index in [2.05, 4.69) is 15.6 Å². The number of hydrogen-bond acceptors (Lipinski definition) is 4. The Balaban J connectivity index is 0.00000364. The van der Waals surface area contributed by atoms with Crippen LogP contribution < -0.4 is 15.4 Å². The summed E-state index contributed by atoms with van der Waals surface area (Å²) < 4.78 is 25.0. The number of aliphatic hydroxyl groups is 1. The molecule has 2 atom stereocenters. The van der Waals surface area contributed by atoms with Crippen LogP contribution in [0.4, 0.5) is 4.39 Å². The zero-order valence-corrected chi connectivity index (χ0v) is 18.4. The van der Waals surface area contributed by atoms with Crippen LogP contribution >= 0.6 is 24.0 Å². The number of ether oxygens (including phenoxy) is 2. The molecule has 2 rings (SSSR count). The van der Waals surface area contributed by atoms with Crippen LogP contribution in [0.3, 0.4) is 0 Å². The van der Waals surface area contributed by atoms with Crippen LogP contribution in [0, 0.1) is 11.2 Å². The highest BCUT2D eigenvalue weighted by molar-refractivity contribution is 14.0. The Bertz CT molecular complexity index is 583. The van der Waals surface area contributed by atoms with Gasteiger partial charge in [-0.2, -0.15) is 0 Å². The molecule has 0 aromatic heterocycles. The minimum atomic E-state index is -0.361. The normalized spacial score (nSPS) is 20.7. The Kier molecular flexibility index (Phi) is 10.9. The molecular weight excluding hydrogens is 464 g/mol. The third-order valence-corrected chi connectivity index (χ3v) is 4.76. The molecule has 0 aliphatic carbocycles. The molecule has 0 radical (unpaired) electrons. The first kappa shape index (κ1) is 23.9. The number of nitrogens with zero attached hydrogens (tertiary/aromatic N) is 1. The molecule has 1 aromatic rings. The summed E-state index contributed by atoms with van der Waals surface area (Å²) in [4.78, 5) is 4.23. The van der Waals surface area contributed by atoms with Crippen molar-refractivity contribution in [3.05, 3.63) is 30.1 Å². The molecule has 1 aliphatic rings. The van der Waals surface area contributed by atoms with Crippen LogP contribution in [0.2, 0.25) is 0 Å². The summed E-state index contributed by atoms with van der Waals surface area (Å²) in [5, 5.41) is 15.8. The standard InChI is InChI=1S/C19H30FN3O3.HI/c1-3-15(26-17-7-5-4-6-16(17)20)12-22-18(21-2)23-13-19(8-10-24)9-11-25-14-19;/h4-7,15,24H,3,8-14H2,1-2H3,(H2,21,22,23);1H. The van der Waals surface area contributed by atoms with Gasteiger partial charge in [-0.05, 0) is 31.4 Å². The van der Waals surface area contributed by atoms with Crippen molar-refractivity contribution in [2.45, 2.75) is 32.3 Å². The van der Waals surface area contributed by atoms with Crippen molar-refractivity contribution in [2.24, 2.45) is 10.4 Å². The van der Waals surface area contributed by atoms with Crippen LogP contribution in [0.5, 0.6) is 5.75 Å². The van der Waals surface area contributed by atoms with Gasteiger partial charge in [-0.25, -0.2) is 4.39 Å². The van der Waals surface area contributed by atoms with Gasteiger partial charge in [0.2, 0.25) is 0 Å². The van der Waals surface area contributed by atoms with E-state index in [1.165, 1.54) is 6.07 Å². The second-order valence-electron chi connectivity index (χ2n) is 6.66. The Hall–Kier alpha value is -1.13. The lowest BCUT2D eigenvalue weighted by atomic mass is 9.84. The van der Waals surface area contributed by atoms with Crippen LogP contribution in [-0.4, -0.2) is 57.1 Å². The summed E-state index contributed by atoms with van der Waals surface area (Å²) in [7, 11) is 1.71. The van der Waals surface area contributed by atoms with Gasteiger partial charge in [-0.15, -0.1) is 24.0 Å². The number of benzene rings is 1. The highest BCUT2D eigenvalue weighted by Crippen LogP contribution is 2.31. The van der Waals surface area contributed by atoms with Crippen molar-refractivity contribution in [2.75, 3.05) is 40.0 Å². The third-order valence-electron chi connectivity index (χ3n) is 4.76. The maximum absolute atomic E-state index is 13.7. The molecule has 154 valence electrons. The Morgan fingerprint density at radius 3 is 2.78 bits per heavy atom. The molecule has 2 unspecified atom stereocenters. The largest absolute Gasteiger partial charge is 0.486 e. The van der Waals surface area contributed by atoms with Crippen molar-refractivity contribution < 1.29 is 19.0 Å². The number of halogens is 2. The topological polar surface area (TPSA) is 75.1 Å². The number of aliphatic imine (C=N–C) groups is 1. The van der Waals surface area contributed by atoms with E-state index < -0.39 is 0 Å². The molecule has 1 heterocycles. The smallest absolute Gasteiger partial charge is 0.191 e. The molecule has 1 saturated heterocycles. The zero-order valence-electron chi connectivity index (χ0n) is 16.0. The second-order valence-corrected chi connectivity index (χ2v) is 6.66. The zero-order chi connectivity index (χ0) is 18.8. The molecule has 6 nitrogen and oxygen atoms in total. The van der Waals surface area contributed by atoms with Gasteiger partial charge in [0.15, 0.2) is 17.5 Å². The third kappa shape index (κ3) is 7.42. The van der Waals surface area contributed by atoms with Gasteiger partial charge in [-0.3, -0.25) is 4.99 Å². The minimum Gasteiger partial charge on any atom is -0.486 e. The van der Waals surface area contributed by atoms with Crippen molar-refractivity contribution in [3.63, 3.8) is 0 Å². The molecular formula is C19H31FIN3O3. The first-order valence-corrected chi connectivity index (χ1v) is 9.17. The monoisotopic (exact) mass is 495 g/mol. The number of para-hydroxylation sites is 1. The summed E-state index contributed by atoms with van der Waals surface area (Å²) in [5.41, 5.74) is -0.0554. The number of rotatable bonds is 9. The van der Waals surface area contributed by atoms with E-state index in [-0.39, 0.29) is 53.7 Å². The van der Waals surface area contributed by atoms with Crippen LogP contribution in [0.25, 0.3) is 0 Å². The average molecular weight is 495 g/mol. The molecule has 1 fully saturated rings. The molecule has 0 spiro atoms. The van der Waals surface area contributed by atoms with E-state index in [4.69, 9.17) is 9.47 Å². The van der Waals surface area contributed by atoms with E-state index in [0.717, 1.165) is 19.4 Å². The Morgan fingerprint density at radius 1 is 1.41 bits per heavy atom. The van der Waals surface area contributed by atoms with Gasteiger partial charge in [0.25, 0.3) is 0 Å². The number of aliphatic hydroxyl groups excluding tert-OH is 1. The molecule has 0 amide bonds. The lowest BCUT2D eigenvalue weighted by molar-refractivity contribution is 0.127.